The van der Waals surface area contributed by atoms with Crippen LogP contribution in [0, 0.1) is 5.41 Å². The maximum Gasteiger partial charge on any atom is 0.0348 e. The lowest BCUT2D eigenvalue weighted by atomic mass is 9.85. The highest BCUT2D eigenvalue weighted by Gasteiger charge is 2.32. The molecular formula is C14H28N2. The van der Waals surface area contributed by atoms with E-state index in [0.717, 1.165) is 12.1 Å². The highest BCUT2D eigenvalue weighted by atomic mass is 15.2. The quantitative estimate of drug-likeness (QED) is 0.741. The Morgan fingerprint density at radius 2 is 1.88 bits per heavy atom. The van der Waals surface area contributed by atoms with Crippen LogP contribution in [0.5, 0.6) is 0 Å². The van der Waals surface area contributed by atoms with Gasteiger partial charge in [-0.25, -0.2) is 0 Å². The fourth-order valence-corrected chi connectivity index (χ4v) is 3.30. The van der Waals surface area contributed by atoms with Crippen LogP contribution in [0.25, 0.3) is 0 Å². The molecule has 1 unspecified atom stereocenters. The minimum absolute atomic E-state index is 0.589. The maximum atomic E-state index is 3.41. The van der Waals surface area contributed by atoms with Crippen molar-refractivity contribution >= 4 is 0 Å². The number of likely N-dealkylation sites (N-methyl/N-ethyl adjacent to an activating group) is 1. The molecule has 0 bridgehead atoms. The second-order valence-corrected chi connectivity index (χ2v) is 6.39. The van der Waals surface area contributed by atoms with E-state index in [1.54, 1.807) is 0 Å². The third-order valence-corrected chi connectivity index (χ3v) is 4.61. The molecule has 2 rings (SSSR count). The Hall–Kier alpha value is -0.0800. The highest BCUT2D eigenvalue weighted by Crippen LogP contribution is 2.35. The van der Waals surface area contributed by atoms with E-state index in [1.165, 1.54) is 51.7 Å². The Bertz CT molecular complexity index is 221. The first-order valence-corrected chi connectivity index (χ1v) is 7.09. The molecule has 1 heterocycles. The average Bonchev–Trinajstić information content (AvgIpc) is 2.33. The van der Waals surface area contributed by atoms with Gasteiger partial charge in [-0.3, -0.25) is 4.90 Å². The smallest absolute Gasteiger partial charge is 0.0348 e. The number of hydrogen-bond acceptors (Lipinski definition) is 2. The van der Waals surface area contributed by atoms with Crippen LogP contribution in [0.3, 0.4) is 0 Å². The molecule has 0 radical (unpaired) electrons. The highest BCUT2D eigenvalue weighted by molar-refractivity contribution is 4.90. The predicted octanol–water partition coefficient (Wildman–Crippen LogP) is 2.64. The van der Waals surface area contributed by atoms with E-state index in [-0.39, 0.29) is 0 Å². The van der Waals surface area contributed by atoms with Gasteiger partial charge in [-0.1, -0.05) is 27.2 Å². The van der Waals surface area contributed by atoms with Crippen LogP contribution in [0.15, 0.2) is 0 Å². The molecule has 0 aromatic heterocycles. The standard InChI is InChI=1S/C14H28N2/c1-4-16(13-10-15-11-13)12-6-5-8-14(2,3)9-7-12/h12-13,15H,4-11H2,1-3H3. The summed E-state index contributed by atoms with van der Waals surface area (Å²) in [5, 5.41) is 3.41. The minimum Gasteiger partial charge on any atom is -0.314 e. The first-order valence-electron chi connectivity index (χ1n) is 7.09. The van der Waals surface area contributed by atoms with Gasteiger partial charge in [0.15, 0.2) is 0 Å². The zero-order valence-electron chi connectivity index (χ0n) is 11.3. The van der Waals surface area contributed by atoms with E-state index >= 15 is 0 Å². The van der Waals surface area contributed by atoms with Crippen molar-refractivity contribution in [3.05, 3.63) is 0 Å². The third-order valence-electron chi connectivity index (χ3n) is 4.61. The number of hydrogen-bond donors (Lipinski definition) is 1. The molecule has 1 N–H and O–H groups in total. The van der Waals surface area contributed by atoms with E-state index in [1.807, 2.05) is 0 Å². The molecule has 1 aliphatic carbocycles. The molecule has 2 fully saturated rings. The summed E-state index contributed by atoms with van der Waals surface area (Å²) < 4.78 is 0. The van der Waals surface area contributed by atoms with Gasteiger partial charge < -0.3 is 5.32 Å². The molecule has 16 heavy (non-hydrogen) atoms. The van der Waals surface area contributed by atoms with Crippen LogP contribution in [0.1, 0.15) is 52.9 Å². The van der Waals surface area contributed by atoms with Crippen molar-refractivity contribution in [2.75, 3.05) is 19.6 Å². The Balaban J connectivity index is 1.92. The monoisotopic (exact) mass is 224 g/mol. The van der Waals surface area contributed by atoms with Gasteiger partial charge in [0.25, 0.3) is 0 Å². The zero-order valence-corrected chi connectivity index (χ0v) is 11.3. The van der Waals surface area contributed by atoms with Gasteiger partial charge in [0.1, 0.15) is 0 Å². The van der Waals surface area contributed by atoms with Gasteiger partial charge >= 0.3 is 0 Å². The molecule has 2 heteroatoms. The Morgan fingerprint density at radius 3 is 2.44 bits per heavy atom. The van der Waals surface area contributed by atoms with Gasteiger partial charge in [-0.15, -0.1) is 0 Å². The van der Waals surface area contributed by atoms with Gasteiger partial charge in [-0.2, -0.15) is 0 Å². The van der Waals surface area contributed by atoms with Crippen LogP contribution in [-0.2, 0) is 0 Å². The lowest BCUT2D eigenvalue weighted by Crippen LogP contribution is -2.59. The van der Waals surface area contributed by atoms with Crippen molar-refractivity contribution < 1.29 is 0 Å². The normalized spacial score (nSPS) is 31.1. The molecule has 2 aliphatic rings. The second kappa shape index (κ2) is 5.05. The number of rotatable bonds is 3. The van der Waals surface area contributed by atoms with Gasteiger partial charge in [0.2, 0.25) is 0 Å². The van der Waals surface area contributed by atoms with E-state index < -0.39 is 0 Å². The van der Waals surface area contributed by atoms with Gasteiger partial charge in [-0.05, 0) is 37.6 Å². The average molecular weight is 224 g/mol. The molecule has 1 aliphatic heterocycles. The Morgan fingerprint density at radius 1 is 1.12 bits per heavy atom. The molecule has 0 spiro atoms. The summed E-state index contributed by atoms with van der Waals surface area (Å²) >= 11 is 0. The second-order valence-electron chi connectivity index (χ2n) is 6.39. The fourth-order valence-electron chi connectivity index (χ4n) is 3.30. The van der Waals surface area contributed by atoms with Crippen LogP contribution < -0.4 is 5.32 Å². The first kappa shape index (κ1) is 12.4. The van der Waals surface area contributed by atoms with Crippen molar-refractivity contribution in [2.45, 2.75) is 65.0 Å². The summed E-state index contributed by atoms with van der Waals surface area (Å²) in [7, 11) is 0. The first-order chi connectivity index (χ1) is 7.62. The molecule has 0 aromatic carbocycles. The summed E-state index contributed by atoms with van der Waals surface area (Å²) in [6.45, 7) is 10.9. The molecule has 1 atom stereocenters. The lowest BCUT2D eigenvalue weighted by molar-refractivity contribution is 0.0901. The van der Waals surface area contributed by atoms with Crippen molar-refractivity contribution in [1.82, 2.24) is 10.2 Å². The molecule has 0 amide bonds. The summed E-state index contributed by atoms with van der Waals surface area (Å²) in [5.74, 6) is 0. The summed E-state index contributed by atoms with van der Waals surface area (Å²) in [4.78, 5) is 2.76. The van der Waals surface area contributed by atoms with E-state index in [9.17, 15) is 0 Å². The molecular weight excluding hydrogens is 196 g/mol. The van der Waals surface area contributed by atoms with Crippen molar-refractivity contribution in [3.63, 3.8) is 0 Å². The van der Waals surface area contributed by atoms with Crippen LogP contribution >= 0.6 is 0 Å². The van der Waals surface area contributed by atoms with Crippen LogP contribution in [-0.4, -0.2) is 36.6 Å². The number of nitrogens with one attached hydrogen (secondary N) is 1. The third kappa shape index (κ3) is 2.78. The van der Waals surface area contributed by atoms with Crippen molar-refractivity contribution in [3.8, 4) is 0 Å². The predicted molar refractivity (Wildman–Crippen MR) is 69.7 cm³/mol. The SMILES string of the molecule is CCN(C1CCCC(C)(C)CC1)C1CNC1. The van der Waals surface area contributed by atoms with Crippen LogP contribution in [0.2, 0.25) is 0 Å². The Kier molecular flexibility index (Phi) is 3.91. The van der Waals surface area contributed by atoms with E-state index in [0.29, 0.717) is 5.41 Å². The Labute approximate surface area is 101 Å². The maximum absolute atomic E-state index is 3.41. The van der Waals surface area contributed by atoms with Gasteiger partial charge in [0, 0.05) is 25.2 Å². The summed E-state index contributed by atoms with van der Waals surface area (Å²) in [5.41, 5.74) is 0.589. The molecule has 0 aromatic rings. The molecule has 1 saturated carbocycles. The number of nitrogens with zero attached hydrogens (tertiary/aromatic N) is 1. The van der Waals surface area contributed by atoms with E-state index in [4.69, 9.17) is 0 Å². The molecule has 1 saturated heterocycles. The summed E-state index contributed by atoms with van der Waals surface area (Å²) in [6.07, 6.45) is 7.09. The molecule has 94 valence electrons. The van der Waals surface area contributed by atoms with Crippen molar-refractivity contribution in [2.24, 2.45) is 5.41 Å². The fraction of sp³-hybridized carbons (Fsp3) is 1.00. The van der Waals surface area contributed by atoms with Crippen LogP contribution in [0.4, 0.5) is 0 Å². The van der Waals surface area contributed by atoms with Crippen molar-refractivity contribution in [1.29, 1.82) is 0 Å². The zero-order chi connectivity index (χ0) is 11.6. The largest absolute Gasteiger partial charge is 0.314 e. The molecule has 2 nitrogen and oxygen atoms in total. The lowest BCUT2D eigenvalue weighted by Gasteiger charge is -2.42. The summed E-state index contributed by atoms with van der Waals surface area (Å²) in [6, 6.07) is 1.69. The van der Waals surface area contributed by atoms with E-state index in [2.05, 4.69) is 31.0 Å². The topological polar surface area (TPSA) is 15.3 Å². The van der Waals surface area contributed by atoms with Gasteiger partial charge in [0.05, 0.1) is 0 Å². The minimum atomic E-state index is 0.589.